The Labute approximate surface area is 138 Å². The third kappa shape index (κ3) is 3.03. The predicted octanol–water partition coefficient (Wildman–Crippen LogP) is 3.77. The Hall–Kier alpha value is 0.230. The van der Waals surface area contributed by atoms with Gasteiger partial charge in [0.15, 0.2) is 5.82 Å². The molecule has 0 aromatic carbocycles. The molecule has 0 aliphatic carbocycles. The Bertz CT molecular complexity index is 622. The molecule has 0 aliphatic rings. The van der Waals surface area contributed by atoms with E-state index >= 15 is 0 Å². The standard InChI is InChI=1S/C10H7Br2IN2O2S/c1-17-3-5-7(13)10(16)15-9(14-5)6-2-4(11)8(12)18-6/h2H,3H2,1H3,(H,14,15,16). The summed E-state index contributed by atoms with van der Waals surface area (Å²) < 4.78 is 7.52. The summed E-state index contributed by atoms with van der Waals surface area (Å²) in [6, 6.07) is 1.91. The molecule has 8 heteroatoms. The number of methoxy groups -OCH3 is 1. The molecule has 18 heavy (non-hydrogen) atoms. The SMILES string of the molecule is COCc1nc(-c2cc(Br)c(Br)s2)[nH]c(=O)c1I. The van der Waals surface area contributed by atoms with E-state index in [4.69, 9.17) is 4.74 Å². The fourth-order valence-electron chi connectivity index (χ4n) is 1.32. The lowest BCUT2D eigenvalue weighted by Crippen LogP contribution is -2.16. The molecule has 0 amide bonds. The van der Waals surface area contributed by atoms with Gasteiger partial charge in [-0.1, -0.05) is 0 Å². The van der Waals surface area contributed by atoms with E-state index in [0.29, 0.717) is 21.7 Å². The number of nitrogens with zero attached hydrogens (tertiary/aromatic N) is 1. The molecule has 0 saturated heterocycles. The minimum atomic E-state index is -0.145. The van der Waals surface area contributed by atoms with Crippen LogP contribution in [0.15, 0.2) is 19.1 Å². The van der Waals surface area contributed by atoms with Crippen molar-refractivity contribution in [1.82, 2.24) is 9.97 Å². The summed E-state index contributed by atoms with van der Waals surface area (Å²) in [5.74, 6) is 0.559. The highest BCUT2D eigenvalue weighted by atomic mass is 127. The Balaban J connectivity index is 2.55. The van der Waals surface area contributed by atoms with Crippen LogP contribution in [0.1, 0.15) is 5.69 Å². The zero-order valence-electron chi connectivity index (χ0n) is 9.09. The van der Waals surface area contributed by atoms with Crippen LogP contribution in [0, 0.1) is 3.57 Å². The van der Waals surface area contributed by atoms with Crippen molar-refractivity contribution in [2.24, 2.45) is 0 Å². The van der Waals surface area contributed by atoms with Crippen molar-refractivity contribution in [3.63, 3.8) is 0 Å². The summed E-state index contributed by atoms with van der Waals surface area (Å²) in [5, 5.41) is 0. The molecular weight excluding hydrogens is 499 g/mol. The Morgan fingerprint density at radius 2 is 2.28 bits per heavy atom. The van der Waals surface area contributed by atoms with Crippen molar-refractivity contribution >= 4 is 65.8 Å². The number of hydrogen-bond donors (Lipinski definition) is 1. The van der Waals surface area contributed by atoms with Crippen LogP contribution in [0.5, 0.6) is 0 Å². The van der Waals surface area contributed by atoms with E-state index in [1.54, 1.807) is 7.11 Å². The topological polar surface area (TPSA) is 55.0 Å². The quantitative estimate of drug-likeness (QED) is 0.646. The third-order valence-corrected chi connectivity index (χ3v) is 6.47. The maximum Gasteiger partial charge on any atom is 0.264 e. The second-order valence-electron chi connectivity index (χ2n) is 3.34. The van der Waals surface area contributed by atoms with Gasteiger partial charge in [-0.25, -0.2) is 4.98 Å². The average Bonchev–Trinajstić information content (AvgIpc) is 2.65. The summed E-state index contributed by atoms with van der Waals surface area (Å²) in [4.78, 5) is 19.9. The number of thiophene rings is 1. The van der Waals surface area contributed by atoms with Crippen LogP contribution in [-0.2, 0) is 11.3 Å². The van der Waals surface area contributed by atoms with Gasteiger partial charge in [0.2, 0.25) is 0 Å². The van der Waals surface area contributed by atoms with Crippen LogP contribution in [0.25, 0.3) is 10.7 Å². The smallest absolute Gasteiger partial charge is 0.264 e. The van der Waals surface area contributed by atoms with Crippen LogP contribution in [0.2, 0.25) is 0 Å². The monoisotopic (exact) mass is 504 g/mol. The molecule has 0 saturated carbocycles. The minimum Gasteiger partial charge on any atom is -0.378 e. The molecule has 0 atom stereocenters. The first-order valence-corrected chi connectivity index (χ1v) is 8.24. The molecule has 0 fully saturated rings. The van der Waals surface area contributed by atoms with Crippen LogP contribution < -0.4 is 5.56 Å². The molecule has 1 N–H and O–H groups in total. The molecule has 96 valence electrons. The molecular formula is C10H7Br2IN2O2S. The number of aromatic nitrogens is 2. The van der Waals surface area contributed by atoms with Gasteiger partial charge in [-0.05, 0) is 60.5 Å². The lowest BCUT2D eigenvalue weighted by atomic mass is 10.4. The number of hydrogen-bond acceptors (Lipinski definition) is 4. The normalized spacial score (nSPS) is 10.9. The molecule has 4 nitrogen and oxygen atoms in total. The van der Waals surface area contributed by atoms with Gasteiger partial charge in [0.25, 0.3) is 5.56 Å². The maximum absolute atomic E-state index is 11.8. The zero-order valence-corrected chi connectivity index (χ0v) is 15.2. The first kappa shape index (κ1) is 14.6. The van der Waals surface area contributed by atoms with E-state index in [1.165, 1.54) is 11.3 Å². The fourth-order valence-corrected chi connectivity index (χ4v) is 3.71. The molecule has 2 aromatic rings. The van der Waals surface area contributed by atoms with Crippen molar-refractivity contribution < 1.29 is 4.74 Å². The number of H-pyrrole nitrogens is 1. The van der Waals surface area contributed by atoms with E-state index < -0.39 is 0 Å². The summed E-state index contributed by atoms with van der Waals surface area (Å²) in [7, 11) is 1.58. The first-order valence-electron chi connectivity index (χ1n) is 4.75. The minimum absolute atomic E-state index is 0.145. The van der Waals surface area contributed by atoms with Gasteiger partial charge >= 0.3 is 0 Å². The average molecular weight is 506 g/mol. The van der Waals surface area contributed by atoms with Crippen molar-refractivity contribution in [3.05, 3.63) is 33.9 Å². The molecule has 0 radical (unpaired) electrons. The number of aromatic amines is 1. The van der Waals surface area contributed by atoms with Crippen molar-refractivity contribution in [1.29, 1.82) is 0 Å². The van der Waals surface area contributed by atoms with E-state index in [-0.39, 0.29) is 5.56 Å². The molecule has 0 spiro atoms. The van der Waals surface area contributed by atoms with Gasteiger partial charge in [0, 0.05) is 11.6 Å². The summed E-state index contributed by atoms with van der Waals surface area (Å²) in [6.07, 6.45) is 0. The largest absolute Gasteiger partial charge is 0.378 e. The number of ether oxygens (including phenoxy) is 1. The molecule has 0 aliphatic heterocycles. The summed E-state index contributed by atoms with van der Waals surface area (Å²) >= 11 is 10.3. The Morgan fingerprint density at radius 3 is 2.83 bits per heavy atom. The van der Waals surface area contributed by atoms with E-state index in [0.717, 1.165) is 13.1 Å². The third-order valence-electron chi connectivity index (χ3n) is 2.09. The highest BCUT2D eigenvalue weighted by Gasteiger charge is 2.13. The highest BCUT2D eigenvalue weighted by Crippen LogP contribution is 2.36. The van der Waals surface area contributed by atoms with Crippen LogP contribution in [-0.4, -0.2) is 17.1 Å². The van der Waals surface area contributed by atoms with Crippen LogP contribution in [0.4, 0.5) is 0 Å². The van der Waals surface area contributed by atoms with Crippen LogP contribution >= 0.6 is 65.8 Å². The molecule has 2 aromatic heterocycles. The van der Waals surface area contributed by atoms with Crippen molar-refractivity contribution in [3.8, 4) is 10.7 Å². The molecule has 2 rings (SSSR count). The number of halogens is 3. The van der Waals surface area contributed by atoms with Gasteiger partial charge in [-0.15, -0.1) is 11.3 Å². The zero-order chi connectivity index (χ0) is 13.3. The van der Waals surface area contributed by atoms with Gasteiger partial charge in [0.1, 0.15) is 3.57 Å². The van der Waals surface area contributed by atoms with E-state index in [9.17, 15) is 4.79 Å². The second-order valence-corrected chi connectivity index (χ2v) is 7.64. The Kier molecular flexibility index (Phi) is 4.98. The fraction of sp³-hybridized carbons (Fsp3) is 0.200. The van der Waals surface area contributed by atoms with Crippen molar-refractivity contribution in [2.45, 2.75) is 6.61 Å². The van der Waals surface area contributed by atoms with Crippen molar-refractivity contribution in [2.75, 3.05) is 7.11 Å². The maximum atomic E-state index is 11.8. The van der Waals surface area contributed by atoms with Gasteiger partial charge < -0.3 is 9.72 Å². The number of nitrogens with one attached hydrogen (secondary N) is 1. The Morgan fingerprint density at radius 1 is 1.56 bits per heavy atom. The summed E-state index contributed by atoms with van der Waals surface area (Å²) in [6.45, 7) is 0.322. The van der Waals surface area contributed by atoms with Gasteiger partial charge in [0.05, 0.1) is 21.0 Å². The predicted molar refractivity (Wildman–Crippen MR) is 87.0 cm³/mol. The molecule has 0 unspecified atom stereocenters. The second kappa shape index (κ2) is 6.12. The van der Waals surface area contributed by atoms with E-state index in [1.807, 2.05) is 28.7 Å². The van der Waals surface area contributed by atoms with Crippen LogP contribution in [0.3, 0.4) is 0 Å². The lowest BCUT2D eigenvalue weighted by molar-refractivity contribution is 0.180. The molecule has 2 heterocycles. The van der Waals surface area contributed by atoms with E-state index in [2.05, 4.69) is 41.8 Å². The summed E-state index contributed by atoms with van der Waals surface area (Å²) in [5.41, 5.74) is 0.505. The van der Waals surface area contributed by atoms with Gasteiger partial charge in [-0.2, -0.15) is 0 Å². The first-order chi connectivity index (χ1) is 8.52. The van der Waals surface area contributed by atoms with Gasteiger partial charge in [-0.3, -0.25) is 4.79 Å². The molecule has 0 bridgehead atoms. The highest BCUT2D eigenvalue weighted by molar-refractivity contribution is 14.1. The number of rotatable bonds is 3. The lowest BCUT2D eigenvalue weighted by Gasteiger charge is -2.04.